The number of carbonyl (C=O) groups is 1. The Balaban J connectivity index is 1.68. The van der Waals surface area contributed by atoms with Crippen LogP contribution >= 0.6 is 15.9 Å². The summed E-state index contributed by atoms with van der Waals surface area (Å²) < 4.78 is 6.31. The summed E-state index contributed by atoms with van der Waals surface area (Å²) in [5.74, 6) is 0.713. The molecule has 1 aliphatic rings. The highest BCUT2D eigenvalue weighted by molar-refractivity contribution is 9.10. The Bertz CT molecular complexity index is 697. The number of nitrogens with one attached hydrogen (secondary N) is 1. The Morgan fingerprint density at radius 3 is 2.70 bits per heavy atom. The molecule has 5 nitrogen and oxygen atoms in total. The van der Waals surface area contributed by atoms with Crippen LogP contribution in [0.5, 0.6) is 0 Å². The molecule has 1 aromatic heterocycles. The molecule has 1 aliphatic heterocycles. The Hall–Kier alpha value is -1.92. The van der Waals surface area contributed by atoms with Crippen LogP contribution in [-0.4, -0.2) is 42.1 Å². The molecule has 1 aromatic carbocycles. The second-order valence-corrected chi connectivity index (χ2v) is 6.28. The molecule has 2 heterocycles. The minimum atomic E-state index is 0.00503. The third-order valence-corrected chi connectivity index (χ3v) is 4.61. The van der Waals surface area contributed by atoms with Crippen LogP contribution in [0.15, 0.2) is 41.0 Å². The maximum Gasteiger partial charge on any atom is 0.255 e. The lowest BCUT2D eigenvalue weighted by molar-refractivity contribution is 0.0302. The maximum absolute atomic E-state index is 12.4. The summed E-state index contributed by atoms with van der Waals surface area (Å²) in [7, 11) is 0. The van der Waals surface area contributed by atoms with E-state index in [1.165, 1.54) is 5.56 Å². The Morgan fingerprint density at radius 1 is 1.26 bits per heavy atom. The molecular weight excluding hydrogens is 358 g/mol. The monoisotopic (exact) mass is 375 g/mol. The van der Waals surface area contributed by atoms with Crippen molar-refractivity contribution in [3.05, 3.63) is 52.1 Å². The molecule has 0 radical (unpaired) electrons. The van der Waals surface area contributed by atoms with Crippen molar-refractivity contribution < 1.29 is 9.53 Å². The van der Waals surface area contributed by atoms with Crippen molar-refractivity contribution >= 4 is 33.3 Å². The second-order valence-electron chi connectivity index (χ2n) is 5.43. The maximum atomic E-state index is 12.4. The predicted molar refractivity (Wildman–Crippen MR) is 93.1 cm³/mol. The van der Waals surface area contributed by atoms with E-state index in [0.29, 0.717) is 37.7 Å². The van der Waals surface area contributed by atoms with Crippen LogP contribution in [-0.2, 0) is 4.74 Å². The minimum absolute atomic E-state index is 0.00503. The average Bonchev–Trinajstić information content (AvgIpc) is 2.59. The van der Waals surface area contributed by atoms with E-state index in [4.69, 9.17) is 4.74 Å². The largest absolute Gasteiger partial charge is 0.378 e. The van der Waals surface area contributed by atoms with Gasteiger partial charge in [0.2, 0.25) is 0 Å². The molecular formula is C17H18BrN3O2. The summed E-state index contributed by atoms with van der Waals surface area (Å²) in [5.41, 5.74) is 2.72. The molecule has 1 N–H and O–H groups in total. The van der Waals surface area contributed by atoms with Crippen LogP contribution in [0.2, 0.25) is 0 Å². The van der Waals surface area contributed by atoms with E-state index in [0.717, 1.165) is 10.2 Å². The number of pyridine rings is 1. The number of amides is 1. The van der Waals surface area contributed by atoms with Crippen LogP contribution in [0.25, 0.3) is 0 Å². The summed E-state index contributed by atoms with van der Waals surface area (Å²) in [4.78, 5) is 18.5. The smallest absolute Gasteiger partial charge is 0.255 e. The molecule has 0 aliphatic carbocycles. The highest BCUT2D eigenvalue weighted by Gasteiger charge is 2.18. The van der Waals surface area contributed by atoms with Gasteiger partial charge in [0.1, 0.15) is 5.82 Å². The lowest BCUT2D eigenvalue weighted by atomic mass is 10.2. The van der Waals surface area contributed by atoms with Crippen LogP contribution in [0, 0.1) is 6.92 Å². The Kier molecular flexibility index (Phi) is 4.93. The molecule has 1 amide bonds. The average molecular weight is 376 g/mol. The lowest BCUT2D eigenvalue weighted by Gasteiger charge is -2.26. The van der Waals surface area contributed by atoms with Crippen LogP contribution in [0.1, 0.15) is 15.9 Å². The van der Waals surface area contributed by atoms with Gasteiger partial charge < -0.3 is 15.0 Å². The van der Waals surface area contributed by atoms with Gasteiger partial charge in [-0.15, -0.1) is 0 Å². The molecule has 3 rings (SSSR count). The first-order valence-electron chi connectivity index (χ1n) is 7.50. The first-order chi connectivity index (χ1) is 11.1. The standard InChI is InChI=1S/C17H18BrN3O2/c1-12-2-4-14(10-15(12)18)20-16-5-3-13(11-19-16)17(22)21-6-8-23-9-7-21/h2-5,10-11H,6-9H2,1H3,(H,19,20). The van der Waals surface area contributed by atoms with Crippen molar-refractivity contribution in [3.63, 3.8) is 0 Å². The molecule has 23 heavy (non-hydrogen) atoms. The quantitative estimate of drug-likeness (QED) is 0.893. The second kappa shape index (κ2) is 7.10. The van der Waals surface area contributed by atoms with E-state index in [1.54, 1.807) is 17.2 Å². The number of halogens is 1. The SMILES string of the molecule is Cc1ccc(Nc2ccc(C(=O)N3CCOCC3)cn2)cc1Br. The first-order valence-corrected chi connectivity index (χ1v) is 8.29. The number of hydrogen-bond donors (Lipinski definition) is 1. The van der Waals surface area contributed by atoms with Crippen molar-refractivity contribution in [2.45, 2.75) is 6.92 Å². The summed E-state index contributed by atoms with van der Waals surface area (Å²) in [5, 5.41) is 3.23. The first kappa shape index (κ1) is 16.0. The van der Waals surface area contributed by atoms with Gasteiger partial charge >= 0.3 is 0 Å². The topological polar surface area (TPSA) is 54.5 Å². The van der Waals surface area contributed by atoms with Gasteiger partial charge in [-0.3, -0.25) is 4.79 Å². The van der Waals surface area contributed by atoms with Crippen LogP contribution < -0.4 is 5.32 Å². The van der Waals surface area contributed by atoms with Crippen molar-refractivity contribution in [1.29, 1.82) is 0 Å². The summed E-state index contributed by atoms with van der Waals surface area (Å²) in [6.07, 6.45) is 1.61. The molecule has 120 valence electrons. The number of ether oxygens (including phenoxy) is 1. The molecule has 0 unspecified atom stereocenters. The fraction of sp³-hybridized carbons (Fsp3) is 0.294. The molecule has 1 saturated heterocycles. The zero-order valence-electron chi connectivity index (χ0n) is 12.9. The summed E-state index contributed by atoms with van der Waals surface area (Å²) in [6, 6.07) is 9.65. The van der Waals surface area contributed by atoms with E-state index in [2.05, 4.69) is 26.2 Å². The fourth-order valence-electron chi connectivity index (χ4n) is 2.36. The van der Waals surface area contributed by atoms with Crippen LogP contribution in [0.3, 0.4) is 0 Å². The minimum Gasteiger partial charge on any atom is -0.378 e. The normalized spacial score (nSPS) is 14.6. The van der Waals surface area contributed by atoms with E-state index >= 15 is 0 Å². The fourth-order valence-corrected chi connectivity index (χ4v) is 2.74. The number of benzene rings is 1. The van der Waals surface area contributed by atoms with Gasteiger partial charge in [-0.1, -0.05) is 22.0 Å². The molecule has 0 spiro atoms. The van der Waals surface area contributed by atoms with Crippen LogP contribution in [0.4, 0.5) is 11.5 Å². The van der Waals surface area contributed by atoms with Crippen molar-refractivity contribution in [2.75, 3.05) is 31.6 Å². The van der Waals surface area contributed by atoms with Gasteiger partial charge in [0.25, 0.3) is 5.91 Å². The lowest BCUT2D eigenvalue weighted by Crippen LogP contribution is -2.40. The van der Waals surface area contributed by atoms with Gasteiger partial charge in [-0.05, 0) is 36.8 Å². The number of morpholine rings is 1. The third kappa shape index (κ3) is 3.89. The zero-order valence-corrected chi connectivity index (χ0v) is 14.5. The van der Waals surface area contributed by atoms with Gasteiger partial charge in [-0.25, -0.2) is 4.98 Å². The van der Waals surface area contributed by atoms with Gasteiger partial charge in [0.05, 0.1) is 18.8 Å². The number of carbonyl (C=O) groups excluding carboxylic acids is 1. The van der Waals surface area contributed by atoms with Crippen molar-refractivity contribution in [3.8, 4) is 0 Å². The Labute approximate surface area is 143 Å². The van der Waals surface area contributed by atoms with Crippen molar-refractivity contribution in [1.82, 2.24) is 9.88 Å². The number of rotatable bonds is 3. The summed E-state index contributed by atoms with van der Waals surface area (Å²) >= 11 is 3.51. The number of aromatic nitrogens is 1. The molecule has 6 heteroatoms. The van der Waals surface area contributed by atoms with Gasteiger partial charge in [0.15, 0.2) is 0 Å². The molecule has 2 aromatic rings. The van der Waals surface area contributed by atoms with Gasteiger partial charge in [0, 0.05) is 29.4 Å². The van der Waals surface area contributed by atoms with Gasteiger partial charge in [-0.2, -0.15) is 0 Å². The highest BCUT2D eigenvalue weighted by Crippen LogP contribution is 2.23. The predicted octanol–water partition coefficient (Wildman–Crippen LogP) is 3.37. The van der Waals surface area contributed by atoms with E-state index in [9.17, 15) is 4.79 Å². The molecule has 1 fully saturated rings. The molecule has 0 bridgehead atoms. The van der Waals surface area contributed by atoms with Crippen molar-refractivity contribution in [2.24, 2.45) is 0 Å². The number of hydrogen-bond acceptors (Lipinski definition) is 4. The molecule has 0 atom stereocenters. The summed E-state index contributed by atoms with van der Waals surface area (Å²) in [6.45, 7) is 4.51. The number of aryl methyl sites for hydroxylation is 1. The Morgan fingerprint density at radius 2 is 2.04 bits per heavy atom. The number of anilines is 2. The third-order valence-electron chi connectivity index (χ3n) is 3.75. The molecule has 0 saturated carbocycles. The zero-order chi connectivity index (χ0) is 16.2. The van der Waals surface area contributed by atoms with E-state index < -0.39 is 0 Å². The van der Waals surface area contributed by atoms with E-state index in [1.807, 2.05) is 31.2 Å². The highest BCUT2D eigenvalue weighted by atomic mass is 79.9. The number of nitrogens with zero attached hydrogens (tertiary/aromatic N) is 2. The van der Waals surface area contributed by atoms with E-state index in [-0.39, 0.29) is 5.91 Å².